The van der Waals surface area contributed by atoms with Gasteiger partial charge in [-0.15, -0.1) is 0 Å². The summed E-state index contributed by atoms with van der Waals surface area (Å²) in [6.07, 6.45) is 4.24. The van der Waals surface area contributed by atoms with Crippen molar-refractivity contribution in [1.82, 2.24) is 10.2 Å². The van der Waals surface area contributed by atoms with Gasteiger partial charge in [0.15, 0.2) is 0 Å². The molecule has 5 heteroatoms. The van der Waals surface area contributed by atoms with E-state index in [0.717, 1.165) is 37.4 Å². The van der Waals surface area contributed by atoms with Crippen LogP contribution >= 0.6 is 11.6 Å². The highest BCUT2D eigenvalue weighted by Crippen LogP contribution is 2.37. The molecule has 1 aromatic rings. The second-order valence-electron chi connectivity index (χ2n) is 8.28. The first-order chi connectivity index (χ1) is 13.0. The van der Waals surface area contributed by atoms with E-state index in [1.165, 1.54) is 12.0 Å². The van der Waals surface area contributed by atoms with Gasteiger partial charge in [-0.3, -0.25) is 9.69 Å². The first-order valence-corrected chi connectivity index (χ1v) is 10.7. The van der Waals surface area contributed by atoms with Crippen LogP contribution in [0.25, 0.3) is 0 Å². The van der Waals surface area contributed by atoms with Crippen molar-refractivity contribution in [1.29, 1.82) is 0 Å². The molecule has 27 heavy (non-hydrogen) atoms. The van der Waals surface area contributed by atoms with Gasteiger partial charge in [-0.1, -0.05) is 30.7 Å². The minimum absolute atomic E-state index is 0.0121. The van der Waals surface area contributed by atoms with Crippen LogP contribution < -0.4 is 5.32 Å². The van der Waals surface area contributed by atoms with E-state index in [1.807, 2.05) is 19.1 Å². The van der Waals surface area contributed by atoms with Crippen LogP contribution in [-0.4, -0.2) is 43.7 Å². The molecule has 0 spiro atoms. The molecule has 150 valence electrons. The fourth-order valence-electron chi connectivity index (χ4n) is 4.96. The van der Waals surface area contributed by atoms with Crippen LogP contribution in [0.15, 0.2) is 24.3 Å². The van der Waals surface area contributed by atoms with Crippen molar-refractivity contribution in [2.75, 3.05) is 26.7 Å². The molecule has 1 saturated heterocycles. The lowest BCUT2D eigenvalue weighted by atomic mass is 9.78. The highest BCUT2D eigenvalue weighted by Gasteiger charge is 2.36. The van der Waals surface area contributed by atoms with Gasteiger partial charge in [-0.05, 0) is 75.7 Å². The second kappa shape index (κ2) is 9.40. The van der Waals surface area contributed by atoms with Gasteiger partial charge in [0, 0.05) is 23.7 Å². The van der Waals surface area contributed by atoms with Crippen LogP contribution in [0, 0.1) is 17.8 Å². The molecule has 1 saturated carbocycles. The number of esters is 1. The predicted octanol–water partition coefficient (Wildman–Crippen LogP) is 4.29. The molecule has 1 N–H and O–H groups in total. The van der Waals surface area contributed by atoms with E-state index in [9.17, 15) is 4.79 Å². The topological polar surface area (TPSA) is 41.6 Å². The Labute approximate surface area is 168 Å². The van der Waals surface area contributed by atoms with Crippen molar-refractivity contribution in [2.24, 2.45) is 17.8 Å². The molecule has 1 aromatic carbocycles. The Bertz CT molecular complexity index is 638. The third-order valence-electron chi connectivity index (χ3n) is 6.39. The van der Waals surface area contributed by atoms with Gasteiger partial charge >= 0.3 is 5.97 Å². The lowest BCUT2D eigenvalue weighted by Crippen LogP contribution is -2.42. The van der Waals surface area contributed by atoms with Crippen LogP contribution in [0.3, 0.4) is 0 Å². The van der Waals surface area contributed by atoms with E-state index in [-0.39, 0.29) is 11.9 Å². The van der Waals surface area contributed by atoms with Crippen molar-refractivity contribution in [3.05, 3.63) is 34.9 Å². The first kappa shape index (κ1) is 20.6. The zero-order valence-corrected chi connectivity index (χ0v) is 17.5. The molecule has 4 nitrogen and oxygen atoms in total. The largest absolute Gasteiger partial charge is 0.466 e. The van der Waals surface area contributed by atoms with Crippen molar-refractivity contribution in [3.63, 3.8) is 0 Å². The Kier molecular flexibility index (Phi) is 7.18. The number of benzene rings is 1. The van der Waals surface area contributed by atoms with Crippen LogP contribution in [0.5, 0.6) is 0 Å². The van der Waals surface area contributed by atoms with Crippen molar-refractivity contribution in [2.45, 2.75) is 51.6 Å². The van der Waals surface area contributed by atoms with Crippen molar-refractivity contribution in [3.8, 4) is 0 Å². The Hall–Kier alpha value is -1.10. The lowest BCUT2D eigenvalue weighted by Gasteiger charge is -2.34. The Morgan fingerprint density at radius 2 is 2.15 bits per heavy atom. The summed E-state index contributed by atoms with van der Waals surface area (Å²) in [4.78, 5) is 14.5. The summed E-state index contributed by atoms with van der Waals surface area (Å²) in [5, 5.41) is 4.62. The molecule has 2 fully saturated rings. The third kappa shape index (κ3) is 5.04. The Morgan fingerprint density at radius 3 is 2.85 bits per heavy atom. The fourth-order valence-corrected chi connectivity index (χ4v) is 5.15. The number of hydrogen-bond donors (Lipinski definition) is 1. The predicted molar refractivity (Wildman–Crippen MR) is 110 cm³/mol. The molecule has 5 atom stereocenters. The van der Waals surface area contributed by atoms with Gasteiger partial charge in [-0.2, -0.15) is 0 Å². The number of ether oxygens (including phenoxy) is 1. The van der Waals surface area contributed by atoms with Crippen molar-refractivity contribution >= 4 is 17.6 Å². The minimum Gasteiger partial charge on any atom is -0.466 e. The highest BCUT2D eigenvalue weighted by molar-refractivity contribution is 6.30. The van der Waals surface area contributed by atoms with Crippen molar-refractivity contribution < 1.29 is 9.53 Å². The SMILES string of the molecule is CCOC(=O)[C@@H]1CC[C@H](NC[C@@H]2CCN(C)[C@H]2c2cccc(Cl)c2)C[C@H]1C. The standard InChI is InChI=1S/C22H33ClN2O2/c1-4-27-22(26)20-9-8-19(12-15(20)2)24-14-17-10-11-25(3)21(17)16-6-5-7-18(23)13-16/h5-7,13,15,17,19-21,24H,4,8-12,14H2,1-3H3/t15-,17+,19+,20-,21+/m1/s1. The molecule has 1 aliphatic heterocycles. The molecule has 0 unspecified atom stereocenters. The maximum absolute atomic E-state index is 12.1. The average Bonchev–Trinajstić information content (AvgIpc) is 3.00. The van der Waals surface area contributed by atoms with Crippen LogP contribution in [0.2, 0.25) is 5.02 Å². The molecule has 2 aliphatic rings. The number of nitrogens with one attached hydrogen (secondary N) is 1. The maximum atomic E-state index is 12.1. The Balaban J connectivity index is 1.54. The van der Waals surface area contributed by atoms with Gasteiger partial charge in [0.25, 0.3) is 0 Å². The van der Waals surface area contributed by atoms with Crippen LogP contribution in [-0.2, 0) is 9.53 Å². The lowest BCUT2D eigenvalue weighted by molar-refractivity contribution is -0.151. The summed E-state index contributed by atoms with van der Waals surface area (Å²) in [5.41, 5.74) is 1.31. The van der Waals surface area contributed by atoms with E-state index in [1.54, 1.807) is 0 Å². The summed E-state index contributed by atoms with van der Waals surface area (Å²) in [5.74, 6) is 1.03. The minimum atomic E-state index is -0.0121. The van der Waals surface area contributed by atoms with Gasteiger partial charge < -0.3 is 10.1 Å². The first-order valence-electron chi connectivity index (χ1n) is 10.3. The van der Waals surface area contributed by atoms with Gasteiger partial charge in [-0.25, -0.2) is 0 Å². The number of halogens is 1. The molecule has 1 heterocycles. The number of carbonyl (C=O) groups excluding carboxylic acids is 1. The van der Waals surface area contributed by atoms with Gasteiger partial charge in [0.2, 0.25) is 0 Å². The zero-order chi connectivity index (χ0) is 19.4. The van der Waals surface area contributed by atoms with Crippen LogP contribution in [0.1, 0.15) is 51.1 Å². The van der Waals surface area contributed by atoms with E-state index >= 15 is 0 Å². The molecule has 0 aromatic heterocycles. The number of carbonyl (C=O) groups is 1. The molecule has 3 rings (SSSR count). The van der Waals surface area contributed by atoms with E-state index in [4.69, 9.17) is 16.3 Å². The molecule has 0 radical (unpaired) electrons. The van der Waals surface area contributed by atoms with E-state index in [0.29, 0.717) is 30.5 Å². The molecule has 1 aliphatic carbocycles. The molecular weight excluding hydrogens is 360 g/mol. The fraction of sp³-hybridized carbons (Fsp3) is 0.682. The smallest absolute Gasteiger partial charge is 0.309 e. The normalized spacial score (nSPS) is 31.8. The van der Waals surface area contributed by atoms with E-state index in [2.05, 4.69) is 36.3 Å². The quantitative estimate of drug-likeness (QED) is 0.733. The molecule has 0 amide bonds. The summed E-state index contributed by atoms with van der Waals surface area (Å²) < 4.78 is 5.24. The second-order valence-corrected chi connectivity index (χ2v) is 8.72. The maximum Gasteiger partial charge on any atom is 0.309 e. The average molecular weight is 393 g/mol. The van der Waals surface area contributed by atoms with Gasteiger partial charge in [0.05, 0.1) is 12.5 Å². The number of hydrogen-bond acceptors (Lipinski definition) is 4. The van der Waals surface area contributed by atoms with E-state index < -0.39 is 0 Å². The number of rotatable bonds is 6. The van der Waals surface area contributed by atoms with Crippen LogP contribution in [0.4, 0.5) is 0 Å². The third-order valence-corrected chi connectivity index (χ3v) is 6.63. The summed E-state index contributed by atoms with van der Waals surface area (Å²) in [6.45, 7) is 6.68. The number of likely N-dealkylation sites (tertiary alicyclic amines) is 1. The highest BCUT2D eigenvalue weighted by atomic mass is 35.5. The summed E-state index contributed by atoms with van der Waals surface area (Å²) in [7, 11) is 2.21. The zero-order valence-electron chi connectivity index (χ0n) is 16.8. The van der Waals surface area contributed by atoms with Gasteiger partial charge in [0.1, 0.15) is 0 Å². The summed E-state index contributed by atoms with van der Waals surface area (Å²) >= 11 is 6.22. The molecule has 0 bridgehead atoms. The molecular formula is C22H33ClN2O2. The Morgan fingerprint density at radius 1 is 1.33 bits per heavy atom. The number of nitrogens with zero attached hydrogens (tertiary/aromatic N) is 1. The monoisotopic (exact) mass is 392 g/mol. The summed E-state index contributed by atoms with van der Waals surface area (Å²) in [6, 6.07) is 9.20.